The van der Waals surface area contributed by atoms with Crippen molar-refractivity contribution in [3.63, 3.8) is 0 Å². The zero-order chi connectivity index (χ0) is 63.0. The zero-order valence-corrected chi connectivity index (χ0v) is 56.9. The average Bonchev–Trinajstić information content (AvgIpc) is 3.65. The third-order valence-corrected chi connectivity index (χ3v) is 16.0. The molecule has 2 atom stereocenters. The number of rotatable bonds is 66. The summed E-state index contributed by atoms with van der Waals surface area (Å²) in [6.07, 6.45) is 101. The molecule has 0 aliphatic heterocycles. The van der Waals surface area contributed by atoms with Gasteiger partial charge in [0.25, 0.3) is 0 Å². The van der Waals surface area contributed by atoms with Gasteiger partial charge in [-0.15, -0.1) is 0 Å². The molecular formula is C77H132NO8P. The molecule has 0 aromatic carbocycles. The Morgan fingerprint density at radius 3 is 0.885 bits per heavy atom. The van der Waals surface area contributed by atoms with Gasteiger partial charge < -0.3 is 20.1 Å². The molecule has 498 valence electrons. The molecule has 0 saturated heterocycles. The molecule has 0 aliphatic rings. The van der Waals surface area contributed by atoms with Gasteiger partial charge in [-0.05, 0) is 109 Å². The van der Waals surface area contributed by atoms with Crippen LogP contribution >= 0.6 is 7.82 Å². The molecule has 0 aromatic heterocycles. The zero-order valence-electron chi connectivity index (χ0n) is 56.0. The lowest BCUT2D eigenvalue weighted by atomic mass is 10.0. The van der Waals surface area contributed by atoms with Crippen molar-refractivity contribution in [1.29, 1.82) is 0 Å². The standard InChI is InChI=1S/C77H132NO8P/c1-3-5-7-9-11-13-15-17-19-21-23-25-27-29-30-31-32-33-34-35-36-37-38-39-40-41-42-43-44-46-48-50-52-54-56-58-60-62-64-66-68-70-77(80)86-75(74-85-87(81,82)84-72-71-78)73-83-76(79)69-67-65-63-61-59-57-55-53-51-49-47-45-28-26-24-22-20-18-16-14-12-10-8-6-4-2/h5-8,11-14,17-20,23-26,29-30,32-33,35-36,75H,3-4,9-10,15-16,21-22,27-28,31,34,37-74,78H2,1-2H3,(H,81,82)/b7-5-,8-6-,13-11-,14-12-,19-17-,20-18-,25-23-,26-24-,30-29-,33-32-,36-35-. The van der Waals surface area contributed by atoms with E-state index < -0.39 is 26.5 Å². The quantitative estimate of drug-likeness (QED) is 0.0264. The van der Waals surface area contributed by atoms with Crippen molar-refractivity contribution in [2.24, 2.45) is 5.73 Å². The van der Waals surface area contributed by atoms with Crippen molar-refractivity contribution >= 4 is 19.8 Å². The monoisotopic (exact) mass is 1230 g/mol. The summed E-state index contributed by atoms with van der Waals surface area (Å²) in [5.41, 5.74) is 5.40. The second kappa shape index (κ2) is 71.2. The number of phosphoric ester groups is 1. The van der Waals surface area contributed by atoms with Gasteiger partial charge in [0, 0.05) is 19.4 Å². The Labute approximate surface area is 535 Å². The van der Waals surface area contributed by atoms with Crippen LogP contribution in [-0.2, 0) is 32.7 Å². The largest absolute Gasteiger partial charge is 0.472 e. The fourth-order valence-electron chi connectivity index (χ4n) is 9.85. The van der Waals surface area contributed by atoms with E-state index in [0.717, 1.165) is 109 Å². The van der Waals surface area contributed by atoms with E-state index in [1.54, 1.807) is 0 Å². The molecule has 0 fully saturated rings. The summed E-state index contributed by atoms with van der Waals surface area (Å²) in [6, 6.07) is 0. The number of hydrogen-bond acceptors (Lipinski definition) is 8. The normalized spacial score (nSPS) is 13.7. The van der Waals surface area contributed by atoms with Crippen LogP contribution in [0.5, 0.6) is 0 Å². The van der Waals surface area contributed by atoms with Crippen LogP contribution in [0.15, 0.2) is 134 Å². The number of allylic oxidation sites excluding steroid dienone is 22. The van der Waals surface area contributed by atoms with Crippen LogP contribution in [0.3, 0.4) is 0 Å². The summed E-state index contributed by atoms with van der Waals surface area (Å²) in [4.78, 5) is 35.4. The fraction of sp³-hybridized carbons (Fsp3) is 0.688. The molecule has 0 spiro atoms. The summed E-state index contributed by atoms with van der Waals surface area (Å²) < 4.78 is 33.2. The van der Waals surface area contributed by atoms with E-state index in [1.165, 1.54) is 167 Å². The lowest BCUT2D eigenvalue weighted by molar-refractivity contribution is -0.161. The molecule has 2 unspecified atom stereocenters. The van der Waals surface area contributed by atoms with Gasteiger partial charge in [0.15, 0.2) is 6.10 Å². The summed E-state index contributed by atoms with van der Waals surface area (Å²) in [7, 11) is -4.40. The first kappa shape index (κ1) is 83.2. The summed E-state index contributed by atoms with van der Waals surface area (Å²) in [6.45, 7) is 3.54. The summed E-state index contributed by atoms with van der Waals surface area (Å²) in [5, 5.41) is 0. The highest BCUT2D eigenvalue weighted by atomic mass is 31.2. The van der Waals surface area contributed by atoms with Gasteiger partial charge in [-0.1, -0.05) is 321 Å². The predicted octanol–water partition coefficient (Wildman–Crippen LogP) is 23.6. The van der Waals surface area contributed by atoms with Gasteiger partial charge in [-0.3, -0.25) is 18.6 Å². The van der Waals surface area contributed by atoms with Crippen LogP contribution in [0.1, 0.15) is 309 Å². The van der Waals surface area contributed by atoms with Crippen molar-refractivity contribution in [3.05, 3.63) is 134 Å². The molecule has 3 N–H and O–H groups in total. The van der Waals surface area contributed by atoms with Crippen LogP contribution in [-0.4, -0.2) is 49.3 Å². The third kappa shape index (κ3) is 71.1. The molecule has 0 radical (unpaired) electrons. The number of carbonyl (C=O) groups is 2. The molecule has 0 heterocycles. The van der Waals surface area contributed by atoms with E-state index >= 15 is 0 Å². The van der Waals surface area contributed by atoms with Gasteiger partial charge in [-0.25, -0.2) is 4.57 Å². The minimum absolute atomic E-state index is 0.0497. The van der Waals surface area contributed by atoms with Gasteiger partial charge in [0.2, 0.25) is 0 Å². The Morgan fingerprint density at radius 2 is 0.598 bits per heavy atom. The molecule has 0 amide bonds. The maximum absolute atomic E-state index is 12.8. The second-order valence-corrected chi connectivity index (χ2v) is 24.8. The highest BCUT2D eigenvalue weighted by molar-refractivity contribution is 7.47. The van der Waals surface area contributed by atoms with Crippen molar-refractivity contribution in [3.8, 4) is 0 Å². The number of unbranched alkanes of at least 4 members (excludes halogenated alkanes) is 31. The molecule has 0 aromatic rings. The molecule has 0 rings (SSSR count). The Hall–Kier alpha value is -3.85. The van der Waals surface area contributed by atoms with Gasteiger partial charge in [-0.2, -0.15) is 0 Å². The second-order valence-electron chi connectivity index (χ2n) is 23.3. The Bertz CT molecular complexity index is 1890. The minimum Gasteiger partial charge on any atom is -0.462 e. The Kier molecular flexibility index (Phi) is 68.1. The van der Waals surface area contributed by atoms with Crippen LogP contribution < -0.4 is 5.73 Å². The smallest absolute Gasteiger partial charge is 0.462 e. The molecule has 0 bridgehead atoms. The van der Waals surface area contributed by atoms with E-state index in [0.29, 0.717) is 6.42 Å². The summed E-state index contributed by atoms with van der Waals surface area (Å²) in [5.74, 6) is -0.824. The van der Waals surface area contributed by atoms with Crippen LogP contribution in [0.2, 0.25) is 0 Å². The number of nitrogens with two attached hydrogens (primary N) is 1. The van der Waals surface area contributed by atoms with E-state index in [2.05, 4.69) is 148 Å². The number of hydrogen-bond donors (Lipinski definition) is 2. The fourth-order valence-corrected chi connectivity index (χ4v) is 10.6. The van der Waals surface area contributed by atoms with Crippen molar-refractivity contribution < 1.29 is 37.6 Å². The van der Waals surface area contributed by atoms with Gasteiger partial charge >= 0.3 is 19.8 Å². The van der Waals surface area contributed by atoms with Crippen molar-refractivity contribution in [1.82, 2.24) is 0 Å². The first-order valence-electron chi connectivity index (χ1n) is 35.7. The van der Waals surface area contributed by atoms with Crippen LogP contribution in [0.4, 0.5) is 0 Å². The average molecular weight is 1230 g/mol. The Morgan fingerprint density at radius 1 is 0.345 bits per heavy atom. The van der Waals surface area contributed by atoms with Crippen LogP contribution in [0, 0.1) is 0 Å². The van der Waals surface area contributed by atoms with Crippen LogP contribution in [0.25, 0.3) is 0 Å². The number of phosphoric acid groups is 1. The molecule has 9 nitrogen and oxygen atoms in total. The Balaban J connectivity index is 3.85. The highest BCUT2D eigenvalue weighted by Gasteiger charge is 2.26. The molecular weight excluding hydrogens is 1100 g/mol. The van der Waals surface area contributed by atoms with E-state index in [1.807, 2.05) is 0 Å². The SMILES string of the molecule is CC/C=C\C/C=C\C/C=C\C/C=C\C/C=C\C/C=C\C/C=C\CCCCCCCCCCCCCCCCCCCCCC(=O)OC(COC(=O)CCCCCCCCCCCCCC/C=C\C/C=C\C/C=C\C/C=C\CC)COP(=O)(O)OCCN. The predicted molar refractivity (Wildman–Crippen MR) is 376 cm³/mol. The minimum atomic E-state index is -4.40. The number of esters is 2. The molecule has 0 aliphatic carbocycles. The maximum atomic E-state index is 12.8. The van der Waals surface area contributed by atoms with E-state index in [-0.39, 0.29) is 38.6 Å². The van der Waals surface area contributed by atoms with E-state index in [9.17, 15) is 19.0 Å². The molecule has 87 heavy (non-hydrogen) atoms. The van der Waals surface area contributed by atoms with Crippen molar-refractivity contribution in [2.45, 2.75) is 315 Å². The highest BCUT2D eigenvalue weighted by Crippen LogP contribution is 2.43. The third-order valence-electron chi connectivity index (χ3n) is 15.0. The topological polar surface area (TPSA) is 134 Å². The molecule has 0 saturated carbocycles. The number of carbonyl (C=O) groups excluding carboxylic acids is 2. The van der Waals surface area contributed by atoms with E-state index in [4.69, 9.17) is 24.3 Å². The van der Waals surface area contributed by atoms with Gasteiger partial charge in [0.05, 0.1) is 13.2 Å². The first-order chi connectivity index (χ1) is 42.8. The lowest BCUT2D eigenvalue weighted by Gasteiger charge is -2.19. The number of ether oxygens (including phenoxy) is 2. The molecule has 10 heteroatoms. The summed E-state index contributed by atoms with van der Waals surface area (Å²) >= 11 is 0. The lowest BCUT2D eigenvalue weighted by Crippen LogP contribution is -2.29. The van der Waals surface area contributed by atoms with Crippen molar-refractivity contribution in [2.75, 3.05) is 26.4 Å². The maximum Gasteiger partial charge on any atom is 0.472 e. The first-order valence-corrected chi connectivity index (χ1v) is 37.2. The van der Waals surface area contributed by atoms with Gasteiger partial charge in [0.1, 0.15) is 6.61 Å².